The number of hydrogen-bond donors (Lipinski definition) is 2. The minimum Gasteiger partial charge on any atom is -0.378 e. The van der Waals surface area contributed by atoms with Crippen LogP contribution in [0.2, 0.25) is 0 Å². The van der Waals surface area contributed by atoms with E-state index in [2.05, 4.69) is 39.8 Å². The lowest BCUT2D eigenvalue weighted by atomic mass is 10.0. The lowest BCUT2D eigenvalue weighted by molar-refractivity contribution is -0.120. The fourth-order valence-corrected chi connectivity index (χ4v) is 2.55. The van der Waals surface area contributed by atoms with Gasteiger partial charge in [0.2, 0.25) is 5.91 Å². The molecule has 0 heterocycles. The van der Waals surface area contributed by atoms with Gasteiger partial charge < -0.3 is 15.5 Å². The second-order valence-corrected chi connectivity index (χ2v) is 6.15. The third-order valence-corrected chi connectivity index (χ3v) is 4.18. The van der Waals surface area contributed by atoms with Crippen LogP contribution < -0.4 is 15.5 Å². The maximum atomic E-state index is 12.1. The molecule has 2 aromatic carbocycles. The summed E-state index contributed by atoms with van der Waals surface area (Å²) in [6, 6.07) is 16.1. The third kappa shape index (κ3) is 4.75. The highest BCUT2D eigenvalue weighted by Crippen LogP contribution is 2.22. The number of rotatable bonds is 7. The average Bonchev–Trinajstić information content (AvgIpc) is 2.58. The topological polar surface area (TPSA) is 44.4 Å². The Morgan fingerprint density at radius 2 is 1.33 bits per heavy atom. The molecule has 0 bridgehead atoms. The van der Waals surface area contributed by atoms with E-state index < -0.39 is 0 Å². The smallest absolute Gasteiger partial charge is 0.227 e. The molecule has 0 aliphatic carbocycles. The van der Waals surface area contributed by atoms with E-state index in [9.17, 15) is 4.79 Å². The van der Waals surface area contributed by atoms with Crippen molar-refractivity contribution in [2.75, 3.05) is 29.6 Å². The summed E-state index contributed by atoms with van der Waals surface area (Å²) in [5.74, 6) is 0.179. The molecule has 2 rings (SSSR count). The van der Waals surface area contributed by atoms with Gasteiger partial charge in [0.05, 0.1) is 0 Å². The first kappa shape index (κ1) is 17.9. The first-order valence-electron chi connectivity index (χ1n) is 8.48. The number of nitrogens with one attached hydrogen (secondary N) is 2. The summed E-state index contributed by atoms with van der Waals surface area (Å²) in [7, 11) is 4.05. The van der Waals surface area contributed by atoms with Crippen LogP contribution in [0.25, 0.3) is 0 Å². The molecule has 2 aromatic rings. The fourth-order valence-electron chi connectivity index (χ4n) is 2.55. The van der Waals surface area contributed by atoms with Crippen molar-refractivity contribution in [1.82, 2.24) is 0 Å². The zero-order chi connectivity index (χ0) is 17.5. The largest absolute Gasteiger partial charge is 0.378 e. The Morgan fingerprint density at radius 1 is 0.875 bits per heavy atom. The van der Waals surface area contributed by atoms with Crippen molar-refractivity contribution in [3.8, 4) is 0 Å². The molecule has 24 heavy (non-hydrogen) atoms. The number of amides is 1. The van der Waals surface area contributed by atoms with E-state index in [0.29, 0.717) is 0 Å². The van der Waals surface area contributed by atoms with E-state index in [-0.39, 0.29) is 11.8 Å². The van der Waals surface area contributed by atoms with Crippen molar-refractivity contribution in [1.29, 1.82) is 0 Å². The fraction of sp³-hybridized carbons (Fsp3) is 0.350. The number of benzene rings is 2. The van der Waals surface area contributed by atoms with Crippen LogP contribution in [0.4, 0.5) is 22.7 Å². The van der Waals surface area contributed by atoms with Crippen LogP contribution in [0, 0.1) is 5.92 Å². The zero-order valence-electron chi connectivity index (χ0n) is 15.0. The number of nitrogens with zero attached hydrogens (tertiary/aromatic N) is 1. The molecule has 0 atom stereocenters. The maximum Gasteiger partial charge on any atom is 0.227 e. The molecule has 128 valence electrons. The SMILES string of the molecule is CCC(CC)C(=O)Nc1ccc(Nc2ccc(N(C)C)cc2)cc1. The highest BCUT2D eigenvalue weighted by Gasteiger charge is 2.13. The summed E-state index contributed by atoms with van der Waals surface area (Å²) in [6.07, 6.45) is 1.73. The Balaban J connectivity index is 1.97. The summed E-state index contributed by atoms with van der Waals surface area (Å²) in [6.45, 7) is 4.09. The van der Waals surface area contributed by atoms with Crippen LogP contribution in [0.3, 0.4) is 0 Å². The molecule has 0 saturated carbocycles. The molecule has 0 aliphatic rings. The first-order chi connectivity index (χ1) is 11.5. The number of anilines is 4. The molecule has 0 radical (unpaired) electrons. The molecule has 0 fully saturated rings. The van der Waals surface area contributed by atoms with E-state index in [1.807, 2.05) is 52.2 Å². The van der Waals surface area contributed by atoms with Crippen LogP contribution in [0.15, 0.2) is 48.5 Å². The van der Waals surface area contributed by atoms with Crippen molar-refractivity contribution >= 4 is 28.7 Å². The molecule has 0 spiro atoms. The van der Waals surface area contributed by atoms with Crippen LogP contribution >= 0.6 is 0 Å². The minimum absolute atomic E-state index is 0.0815. The van der Waals surface area contributed by atoms with E-state index in [1.54, 1.807) is 0 Å². The summed E-state index contributed by atoms with van der Waals surface area (Å²) in [4.78, 5) is 14.2. The van der Waals surface area contributed by atoms with Crippen molar-refractivity contribution < 1.29 is 4.79 Å². The lowest BCUT2D eigenvalue weighted by Crippen LogP contribution is -2.21. The van der Waals surface area contributed by atoms with Gasteiger partial charge in [-0.25, -0.2) is 0 Å². The van der Waals surface area contributed by atoms with Crippen LogP contribution in [-0.2, 0) is 4.79 Å². The second kappa shape index (κ2) is 8.39. The molecule has 0 aliphatic heterocycles. The molecule has 0 aromatic heterocycles. The van der Waals surface area contributed by atoms with Gasteiger partial charge in [0, 0.05) is 42.8 Å². The van der Waals surface area contributed by atoms with E-state index in [0.717, 1.165) is 29.9 Å². The van der Waals surface area contributed by atoms with Crippen LogP contribution in [0.5, 0.6) is 0 Å². The van der Waals surface area contributed by atoms with Gasteiger partial charge in [-0.1, -0.05) is 13.8 Å². The summed E-state index contributed by atoms with van der Waals surface area (Å²) < 4.78 is 0. The van der Waals surface area contributed by atoms with E-state index in [4.69, 9.17) is 0 Å². The predicted octanol–water partition coefficient (Wildman–Crippen LogP) is 4.87. The molecule has 0 saturated heterocycles. The molecule has 4 nitrogen and oxygen atoms in total. The number of carbonyl (C=O) groups is 1. The van der Waals surface area contributed by atoms with Crippen LogP contribution in [0.1, 0.15) is 26.7 Å². The summed E-state index contributed by atoms with van der Waals surface area (Å²) in [5, 5.41) is 6.35. The van der Waals surface area contributed by atoms with Crippen molar-refractivity contribution in [2.24, 2.45) is 5.92 Å². The van der Waals surface area contributed by atoms with Gasteiger partial charge in [0.15, 0.2) is 0 Å². The maximum absolute atomic E-state index is 12.1. The van der Waals surface area contributed by atoms with Gasteiger partial charge in [-0.3, -0.25) is 4.79 Å². The van der Waals surface area contributed by atoms with E-state index in [1.165, 1.54) is 5.69 Å². The summed E-state index contributed by atoms with van der Waals surface area (Å²) in [5.41, 5.74) is 4.03. The van der Waals surface area contributed by atoms with Crippen LogP contribution in [-0.4, -0.2) is 20.0 Å². The van der Waals surface area contributed by atoms with E-state index >= 15 is 0 Å². The van der Waals surface area contributed by atoms with Gasteiger partial charge in [-0.2, -0.15) is 0 Å². The Kier molecular flexibility index (Phi) is 6.24. The van der Waals surface area contributed by atoms with Gasteiger partial charge in [0.1, 0.15) is 0 Å². The van der Waals surface area contributed by atoms with Gasteiger partial charge in [-0.15, -0.1) is 0 Å². The Bertz CT molecular complexity index is 644. The molecule has 4 heteroatoms. The Morgan fingerprint density at radius 3 is 1.79 bits per heavy atom. The second-order valence-electron chi connectivity index (χ2n) is 6.15. The molecule has 0 unspecified atom stereocenters. The zero-order valence-corrected chi connectivity index (χ0v) is 15.0. The summed E-state index contributed by atoms with van der Waals surface area (Å²) >= 11 is 0. The average molecular weight is 325 g/mol. The first-order valence-corrected chi connectivity index (χ1v) is 8.48. The normalized spacial score (nSPS) is 10.5. The highest BCUT2D eigenvalue weighted by molar-refractivity contribution is 5.92. The lowest BCUT2D eigenvalue weighted by Gasteiger charge is -2.14. The third-order valence-electron chi connectivity index (χ3n) is 4.18. The number of hydrogen-bond acceptors (Lipinski definition) is 3. The van der Waals surface area contributed by atoms with Crippen molar-refractivity contribution in [3.63, 3.8) is 0 Å². The minimum atomic E-state index is 0.0815. The molecule has 1 amide bonds. The standard InChI is InChI=1S/C20H27N3O/c1-5-15(6-2)20(24)22-18-9-7-16(8-10-18)21-17-11-13-19(14-12-17)23(3)4/h7-15,21H,5-6H2,1-4H3,(H,22,24). The monoisotopic (exact) mass is 325 g/mol. The quantitative estimate of drug-likeness (QED) is 0.763. The highest BCUT2D eigenvalue weighted by atomic mass is 16.1. The van der Waals surface area contributed by atoms with Crippen molar-refractivity contribution in [3.05, 3.63) is 48.5 Å². The number of carbonyl (C=O) groups excluding carboxylic acids is 1. The predicted molar refractivity (Wildman–Crippen MR) is 103 cm³/mol. The molecular formula is C20H27N3O. The Hall–Kier alpha value is -2.49. The van der Waals surface area contributed by atoms with Gasteiger partial charge in [-0.05, 0) is 61.4 Å². The molecular weight excluding hydrogens is 298 g/mol. The van der Waals surface area contributed by atoms with Crippen molar-refractivity contribution in [2.45, 2.75) is 26.7 Å². The van der Waals surface area contributed by atoms with Gasteiger partial charge in [0.25, 0.3) is 0 Å². The Labute approximate surface area is 144 Å². The van der Waals surface area contributed by atoms with Gasteiger partial charge >= 0.3 is 0 Å². The molecule has 2 N–H and O–H groups in total.